The maximum absolute atomic E-state index is 13.1. The molecule has 0 radical (unpaired) electrons. The summed E-state index contributed by atoms with van der Waals surface area (Å²) in [6.45, 7) is 0.730. The second kappa shape index (κ2) is 4.78. The minimum atomic E-state index is -3.82. The van der Waals surface area contributed by atoms with Crippen LogP contribution in [-0.2, 0) is 20.7 Å². The number of ether oxygens (including phenoxy) is 1. The van der Waals surface area contributed by atoms with Gasteiger partial charge in [0.25, 0.3) is 5.92 Å². The fourth-order valence-corrected chi connectivity index (χ4v) is 2.30. The second-order valence-electron chi connectivity index (χ2n) is 3.60. The van der Waals surface area contributed by atoms with Gasteiger partial charge in [-0.05, 0) is 18.2 Å². The van der Waals surface area contributed by atoms with Gasteiger partial charge in [0, 0.05) is 28.7 Å². The Labute approximate surface area is 103 Å². The fraction of sp³-hybridized carbons (Fsp3) is 0.400. The molecule has 0 aliphatic carbocycles. The van der Waals surface area contributed by atoms with Crippen LogP contribution in [0.2, 0.25) is 0 Å². The first-order valence-corrected chi connectivity index (χ1v) is 7.09. The number of rotatable bonds is 4. The lowest BCUT2D eigenvalue weighted by atomic mass is 10.1. The monoisotopic (exact) mass is 284 g/mol. The van der Waals surface area contributed by atoms with Crippen LogP contribution in [0.4, 0.5) is 8.78 Å². The average Bonchev–Trinajstić information content (AvgIpc) is 2.13. The van der Waals surface area contributed by atoms with E-state index in [1.807, 2.05) is 0 Å². The minimum absolute atomic E-state index is 0.113. The summed E-state index contributed by atoms with van der Waals surface area (Å²) in [5.41, 5.74) is -0.171. The van der Waals surface area contributed by atoms with Crippen LogP contribution in [-0.4, -0.2) is 15.5 Å². The van der Waals surface area contributed by atoms with Crippen molar-refractivity contribution in [1.82, 2.24) is 0 Å². The molecule has 0 spiro atoms. The quantitative estimate of drug-likeness (QED) is 0.799. The van der Waals surface area contributed by atoms with E-state index in [1.54, 1.807) is 0 Å². The second-order valence-corrected chi connectivity index (χ2v) is 6.38. The summed E-state index contributed by atoms with van der Waals surface area (Å²) in [6.07, 6.45) is 0. The summed E-state index contributed by atoms with van der Waals surface area (Å²) in [5.74, 6) is -3.39. The molecule has 17 heavy (non-hydrogen) atoms. The van der Waals surface area contributed by atoms with E-state index in [2.05, 4.69) is 0 Å². The zero-order valence-electron chi connectivity index (χ0n) is 9.21. The van der Waals surface area contributed by atoms with E-state index < -0.39 is 20.7 Å². The van der Waals surface area contributed by atoms with E-state index in [-0.39, 0.29) is 16.9 Å². The molecule has 0 amide bonds. The van der Waals surface area contributed by atoms with Crippen LogP contribution in [0.5, 0.6) is 5.75 Å². The van der Waals surface area contributed by atoms with Crippen LogP contribution in [0.15, 0.2) is 18.2 Å². The van der Waals surface area contributed by atoms with Gasteiger partial charge in [0.1, 0.15) is 5.75 Å². The molecule has 96 valence electrons. The van der Waals surface area contributed by atoms with Crippen molar-refractivity contribution >= 4 is 19.7 Å². The molecular formula is C10H11ClF2O3S. The molecule has 0 atom stereocenters. The van der Waals surface area contributed by atoms with E-state index in [0.29, 0.717) is 0 Å². The lowest BCUT2D eigenvalue weighted by Gasteiger charge is -2.14. The predicted molar refractivity (Wildman–Crippen MR) is 61.0 cm³/mol. The van der Waals surface area contributed by atoms with E-state index in [1.165, 1.54) is 19.2 Å². The SMILES string of the molecule is COc1ccc(C(C)(F)F)cc1CS(=O)(=O)Cl. The normalized spacial score (nSPS) is 12.5. The molecule has 0 heterocycles. The predicted octanol–water partition coefficient (Wildman–Crippen LogP) is 2.88. The third kappa shape index (κ3) is 4.12. The molecule has 0 aliphatic rings. The third-order valence-corrected chi connectivity index (χ3v) is 3.10. The molecule has 0 unspecified atom stereocenters. The van der Waals surface area contributed by atoms with Crippen molar-refractivity contribution in [3.05, 3.63) is 29.3 Å². The third-order valence-electron chi connectivity index (χ3n) is 2.12. The highest BCUT2D eigenvalue weighted by Gasteiger charge is 2.26. The maximum Gasteiger partial charge on any atom is 0.270 e. The summed E-state index contributed by atoms with van der Waals surface area (Å²) in [4.78, 5) is 0. The molecule has 3 nitrogen and oxygen atoms in total. The number of benzene rings is 1. The highest BCUT2D eigenvalue weighted by atomic mass is 35.7. The van der Waals surface area contributed by atoms with Gasteiger partial charge >= 0.3 is 0 Å². The van der Waals surface area contributed by atoms with Crippen molar-refractivity contribution in [1.29, 1.82) is 0 Å². The Morgan fingerprint density at radius 3 is 2.41 bits per heavy atom. The standard InChI is InChI=1S/C10H11ClF2O3S/c1-10(12,13)8-3-4-9(16-2)7(5-8)6-17(11,14)15/h3-5H,6H2,1-2H3. The molecule has 0 bridgehead atoms. The molecule has 0 fully saturated rings. The zero-order chi connectivity index (χ0) is 13.3. The topological polar surface area (TPSA) is 43.4 Å². The minimum Gasteiger partial charge on any atom is -0.496 e. The highest BCUT2D eigenvalue weighted by molar-refractivity contribution is 8.13. The van der Waals surface area contributed by atoms with Crippen LogP contribution in [0.25, 0.3) is 0 Å². The van der Waals surface area contributed by atoms with E-state index in [4.69, 9.17) is 15.4 Å². The first-order chi connectivity index (χ1) is 7.63. The van der Waals surface area contributed by atoms with Crippen LogP contribution < -0.4 is 4.74 Å². The zero-order valence-corrected chi connectivity index (χ0v) is 10.8. The Balaban J connectivity index is 3.25. The average molecular weight is 285 g/mol. The van der Waals surface area contributed by atoms with Crippen molar-refractivity contribution in [3.63, 3.8) is 0 Å². The summed E-state index contributed by atoms with van der Waals surface area (Å²) in [6, 6.07) is 3.56. The van der Waals surface area contributed by atoms with Gasteiger partial charge in [-0.1, -0.05) is 0 Å². The van der Waals surface area contributed by atoms with Gasteiger partial charge in [0.2, 0.25) is 9.05 Å². The summed E-state index contributed by atoms with van der Waals surface area (Å²) < 4.78 is 53.0. The molecule has 0 aromatic heterocycles. The van der Waals surface area contributed by atoms with Gasteiger partial charge in [-0.15, -0.1) is 0 Å². The van der Waals surface area contributed by atoms with Crippen molar-refractivity contribution in [3.8, 4) is 5.75 Å². The Morgan fingerprint density at radius 2 is 2.00 bits per heavy atom. The smallest absolute Gasteiger partial charge is 0.270 e. The van der Waals surface area contributed by atoms with Crippen molar-refractivity contribution < 1.29 is 21.9 Å². The molecule has 0 saturated heterocycles. The molecule has 1 aromatic carbocycles. The number of methoxy groups -OCH3 is 1. The van der Waals surface area contributed by atoms with Crippen molar-refractivity contribution in [2.24, 2.45) is 0 Å². The highest BCUT2D eigenvalue weighted by Crippen LogP contribution is 2.31. The fourth-order valence-electron chi connectivity index (χ4n) is 1.35. The Hall–Kier alpha value is -0.880. The van der Waals surface area contributed by atoms with E-state index in [0.717, 1.165) is 13.0 Å². The van der Waals surface area contributed by atoms with Crippen LogP contribution in [0.1, 0.15) is 18.1 Å². The van der Waals surface area contributed by atoms with Gasteiger partial charge in [-0.3, -0.25) is 0 Å². The number of hydrogen-bond donors (Lipinski definition) is 0. The summed E-state index contributed by atoms with van der Waals surface area (Å²) >= 11 is 0. The molecule has 0 N–H and O–H groups in total. The first-order valence-electron chi connectivity index (χ1n) is 4.61. The van der Waals surface area contributed by atoms with Crippen LogP contribution in [0.3, 0.4) is 0 Å². The molecule has 1 aromatic rings. The lowest BCUT2D eigenvalue weighted by molar-refractivity contribution is 0.0173. The molecule has 0 saturated carbocycles. The van der Waals surface area contributed by atoms with Gasteiger partial charge < -0.3 is 4.74 Å². The molecule has 7 heteroatoms. The molecule has 1 rings (SSSR count). The Kier molecular flexibility index (Phi) is 3.99. The van der Waals surface area contributed by atoms with Crippen molar-refractivity contribution in [2.75, 3.05) is 7.11 Å². The molecular weight excluding hydrogens is 274 g/mol. The lowest BCUT2D eigenvalue weighted by Crippen LogP contribution is -2.09. The van der Waals surface area contributed by atoms with Gasteiger partial charge in [-0.25, -0.2) is 17.2 Å². The number of hydrogen-bond acceptors (Lipinski definition) is 3. The van der Waals surface area contributed by atoms with E-state index in [9.17, 15) is 17.2 Å². The van der Waals surface area contributed by atoms with Crippen molar-refractivity contribution in [2.45, 2.75) is 18.6 Å². The van der Waals surface area contributed by atoms with Gasteiger partial charge in [-0.2, -0.15) is 0 Å². The summed E-state index contributed by atoms with van der Waals surface area (Å²) in [7, 11) is 2.59. The largest absolute Gasteiger partial charge is 0.496 e. The Bertz CT molecular complexity index is 509. The van der Waals surface area contributed by atoms with Crippen LogP contribution in [0, 0.1) is 0 Å². The van der Waals surface area contributed by atoms with Gasteiger partial charge in [0.05, 0.1) is 12.9 Å². The maximum atomic E-state index is 13.1. The number of halogens is 3. The molecule has 0 aliphatic heterocycles. The first kappa shape index (κ1) is 14.2. The summed E-state index contributed by atoms with van der Waals surface area (Å²) in [5, 5.41) is 0. The number of alkyl halides is 2. The Morgan fingerprint density at radius 1 is 1.41 bits per heavy atom. The van der Waals surface area contributed by atoms with Crippen LogP contribution >= 0.6 is 10.7 Å². The van der Waals surface area contributed by atoms with E-state index >= 15 is 0 Å². The van der Waals surface area contributed by atoms with Gasteiger partial charge in [0.15, 0.2) is 0 Å².